The Kier molecular flexibility index (Phi) is 6.78. The van der Waals surface area contributed by atoms with Crippen LogP contribution in [-0.2, 0) is 4.79 Å². The van der Waals surface area contributed by atoms with Gasteiger partial charge in [0.1, 0.15) is 6.10 Å². The van der Waals surface area contributed by atoms with E-state index in [1.54, 1.807) is 0 Å². The van der Waals surface area contributed by atoms with Crippen molar-refractivity contribution in [3.63, 3.8) is 0 Å². The van der Waals surface area contributed by atoms with Gasteiger partial charge in [-0.1, -0.05) is 55.6 Å². The van der Waals surface area contributed by atoms with E-state index in [-0.39, 0.29) is 12.3 Å². The summed E-state index contributed by atoms with van der Waals surface area (Å²) in [5.74, 6) is 6.86. The summed E-state index contributed by atoms with van der Waals surface area (Å²) in [6.45, 7) is 0. The number of hydrogen-bond donors (Lipinski definition) is 3. The second-order valence-electron chi connectivity index (χ2n) is 8.40. The minimum Gasteiger partial charge on any atom is -0.481 e. The zero-order valence-electron chi connectivity index (χ0n) is 15.6. The third-order valence-corrected chi connectivity index (χ3v) is 6.58. The predicted molar refractivity (Wildman–Crippen MR) is 100 cm³/mol. The summed E-state index contributed by atoms with van der Waals surface area (Å²) in [5, 5.41) is 29.4. The highest BCUT2D eigenvalue weighted by Gasteiger charge is 2.46. The van der Waals surface area contributed by atoms with Gasteiger partial charge in [0.05, 0.1) is 12.0 Å². The van der Waals surface area contributed by atoms with Crippen LogP contribution < -0.4 is 0 Å². The van der Waals surface area contributed by atoms with Gasteiger partial charge in [-0.05, 0) is 49.9 Å². The molecule has 3 saturated carbocycles. The molecule has 0 aliphatic heterocycles. The Morgan fingerprint density at radius 1 is 1.19 bits per heavy atom. The molecule has 144 valence electrons. The molecule has 3 N–H and O–H groups in total. The van der Waals surface area contributed by atoms with Gasteiger partial charge in [0.25, 0.3) is 0 Å². The normalized spacial score (nSPS) is 34.3. The van der Waals surface area contributed by atoms with Crippen LogP contribution in [0.4, 0.5) is 0 Å². The molecule has 3 fully saturated rings. The Bertz CT molecular complexity index is 579. The van der Waals surface area contributed by atoms with Crippen LogP contribution in [0, 0.1) is 35.5 Å². The lowest BCUT2D eigenvalue weighted by Gasteiger charge is -2.48. The highest BCUT2D eigenvalue weighted by molar-refractivity contribution is 5.66. The second-order valence-corrected chi connectivity index (χ2v) is 8.40. The molecule has 0 heterocycles. The van der Waals surface area contributed by atoms with E-state index in [4.69, 9.17) is 5.11 Å². The molecular weight excluding hydrogens is 328 g/mol. The first-order valence-corrected chi connectivity index (χ1v) is 10.3. The Morgan fingerprint density at radius 3 is 2.69 bits per heavy atom. The second kappa shape index (κ2) is 9.06. The molecule has 4 nitrogen and oxygen atoms in total. The molecule has 26 heavy (non-hydrogen) atoms. The predicted octanol–water partition coefficient (Wildman–Crippen LogP) is 3.52. The largest absolute Gasteiger partial charge is 0.481 e. The number of aliphatic carboxylic acids is 1. The molecule has 5 atom stereocenters. The standard InChI is InChI=1S/C22H32O4/c23-17(13-15-5-2-1-3-6-15)9-10-19-20-14-16(7-4-8-22(25)26)18(20)11-12-21(19)24/h7,15,17-21,23-24H,1-6,8,11-14H2,(H,25,26). The Morgan fingerprint density at radius 2 is 1.96 bits per heavy atom. The number of aliphatic hydroxyl groups is 2. The number of allylic oxidation sites excluding steroid dienone is 2. The molecule has 4 heteroatoms. The molecule has 0 aromatic heterocycles. The van der Waals surface area contributed by atoms with Crippen molar-refractivity contribution >= 4 is 5.97 Å². The van der Waals surface area contributed by atoms with Gasteiger partial charge >= 0.3 is 5.97 Å². The Balaban J connectivity index is 1.53. The molecule has 0 aromatic carbocycles. The van der Waals surface area contributed by atoms with Crippen LogP contribution >= 0.6 is 0 Å². The molecule has 0 saturated heterocycles. The van der Waals surface area contributed by atoms with Crippen molar-refractivity contribution in [2.75, 3.05) is 0 Å². The van der Waals surface area contributed by atoms with Crippen molar-refractivity contribution in [3.8, 4) is 11.8 Å². The molecule has 3 rings (SSSR count). The Hall–Kier alpha value is -1.31. The van der Waals surface area contributed by atoms with Crippen LogP contribution in [0.25, 0.3) is 0 Å². The number of carbonyl (C=O) groups is 1. The van der Waals surface area contributed by atoms with Crippen LogP contribution in [-0.4, -0.2) is 33.5 Å². The fourth-order valence-electron chi connectivity index (χ4n) is 5.08. The van der Waals surface area contributed by atoms with Crippen molar-refractivity contribution in [1.82, 2.24) is 0 Å². The average molecular weight is 360 g/mol. The van der Waals surface area contributed by atoms with Gasteiger partial charge < -0.3 is 15.3 Å². The fourth-order valence-corrected chi connectivity index (χ4v) is 5.08. The van der Waals surface area contributed by atoms with E-state index in [1.165, 1.54) is 37.7 Å². The van der Waals surface area contributed by atoms with E-state index in [0.717, 1.165) is 25.7 Å². The van der Waals surface area contributed by atoms with Crippen molar-refractivity contribution < 1.29 is 20.1 Å². The maximum absolute atomic E-state index is 10.7. The lowest BCUT2D eigenvalue weighted by molar-refractivity contribution is -0.136. The van der Waals surface area contributed by atoms with E-state index in [2.05, 4.69) is 17.9 Å². The van der Waals surface area contributed by atoms with Crippen LogP contribution in [0.2, 0.25) is 0 Å². The van der Waals surface area contributed by atoms with E-state index >= 15 is 0 Å². The summed E-state index contributed by atoms with van der Waals surface area (Å²) < 4.78 is 0. The number of hydrogen-bond acceptors (Lipinski definition) is 3. The monoisotopic (exact) mass is 360 g/mol. The van der Waals surface area contributed by atoms with Crippen molar-refractivity contribution in [1.29, 1.82) is 0 Å². The van der Waals surface area contributed by atoms with Gasteiger partial charge in [0.15, 0.2) is 0 Å². The number of carboxylic acid groups (broad SMARTS) is 1. The quantitative estimate of drug-likeness (QED) is 0.518. The molecule has 0 bridgehead atoms. The minimum absolute atomic E-state index is 0.0496. The number of fused-ring (bicyclic) bond motifs is 1. The highest BCUT2D eigenvalue weighted by Crippen LogP contribution is 2.51. The topological polar surface area (TPSA) is 77.8 Å². The van der Waals surface area contributed by atoms with Gasteiger partial charge in [0.2, 0.25) is 0 Å². The van der Waals surface area contributed by atoms with E-state index in [9.17, 15) is 15.0 Å². The SMILES string of the molecule is O=C(O)CCC=C1CC2C1CCC(O)C2C#CC(O)CC1CCCCC1. The van der Waals surface area contributed by atoms with Gasteiger partial charge in [-0.3, -0.25) is 4.79 Å². The molecule has 0 spiro atoms. The lowest BCUT2D eigenvalue weighted by atomic mass is 9.57. The molecule has 3 aliphatic carbocycles. The van der Waals surface area contributed by atoms with E-state index < -0.39 is 18.2 Å². The van der Waals surface area contributed by atoms with Gasteiger partial charge in [-0.15, -0.1) is 0 Å². The third kappa shape index (κ3) is 4.90. The molecule has 0 amide bonds. The van der Waals surface area contributed by atoms with Crippen LogP contribution in [0.1, 0.15) is 70.6 Å². The van der Waals surface area contributed by atoms with Crippen LogP contribution in [0.3, 0.4) is 0 Å². The third-order valence-electron chi connectivity index (χ3n) is 6.58. The highest BCUT2D eigenvalue weighted by atomic mass is 16.4. The summed E-state index contributed by atoms with van der Waals surface area (Å²) in [6.07, 6.45) is 11.6. The van der Waals surface area contributed by atoms with Gasteiger partial charge in [-0.25, -0.2) is 0 Å². The molecule has 5 unspecified atom stereocenters. The zero-order valence-corrected chi connectivity index (χ0v) is 15.6. The van der Waals surface area contributed by atoms with E-state index in [1.807, 2.05) is 0 Å². The fraction of sp³-hybridized carbons (Fsp3) is 0.773. The van der Waals surface area contributed by atoms with Crippen molar-refractivity contribution in [2.45, 2.75) is 82.8 Å². The first-order valence-electron chi connectivity index (χ1n) is 10.3. The molecular formula is C22H32O4. The first-order chi connectivity index (χ1) is 12.5. The lowest BCUT2D eigenvalue weighted by Crippen LogP contribution is -2.44. The van der Waals surface area contributed by atoms with Crippen LogP contribution in [0.5, 0.6) is 0 Å². The van der Waals surface area contributed by atoms with Gasteiger partial charge in [0, 0.05) is 6.42 Å². The first kappa shape index (κ1) is 19.5. The number of rotatable bonds is 5. The summed E-state index contributed by atoms with van der Waals surface area (Å²) in [6, 6.07) is 0. The van der Waals surface area contributed by atoms with Crippen molar-refractivity contribution in [3.05, 3.63) is 11.6 Å². The molecule has 3 aliphatic rings. The van der Waals surface area contributed by atoms with E-state index in [0.29, 0.717) is 24.2 Å². The zero-order chi connectivity index (χ0) is 18.5. The summed E-state index contributed by atoms with van der Waals surface area (Å²) in [5.41, 5.74) is 1.35. The molecule has 0 aromatic rings. The number of aliphatic hydroxyl groups excluding tert-OH is 2. The van der Waals surface area contributed by atoms with Crippen molar-refractivity contribution in [2.24, 2.45) is 23.7 Å². The summed E-state index contributed by atoms with van der Waals surface area (Å²) in [7, 11) is 0. The Labute approximate surface area is 156 Å². The minimum atomic E-state index is -0.757. The van der Waals surface area contributed by atoms with Gasteiger partial charge in [-0.2, -0.15) is 0 Å². The maximum Gasteiger partial charge on any atom is 0.303 e. The maximum atomic E-state index is 10.7. The average Bonchev–Trinajstić information content (AvgIpc) is 2.59. The van der Waals surface area contributed by atoms with Crippen LogP contribution in [0.15, 0.2) is 11.6 Å². The summed E-state index contributed by atoms with van der Waals surface area (Å²) >= 11 is 0. The smallest absolute Gasteiger partial charge is 0.303 e. The number of carboxylic acids is 1. The molecule has 0 radical (unpaired) electrons. The summed E-state index contributed by atoms with van der Waals surface area (Å²) in [4.78, 5) is 10.7.